The van der Waals surface area contributed by atoms with E-state index in [2.05, 4.69) is 34.6 Å². The second-order valence-corrected chi connectivity index (χ2v) is 7.95. The third-order valence-electron chi connectivity index (χ3n) is 5.64. The van der Waals surface area contributed by atoms with E-state index in [4.69, 9.17) is 9.47 Å². The molecule has 1 heterocycles. The number of carbonyl (C=O) groups is 2. The Balaban J connectivity index is 1.52. The van der Waals surface area contributed by atoms with Gasteiger partial charge in [0, 0.05) is 24.3 Å². The quantitative estimate of drug-likeness (QED) is 0.270. The summed E-state index contributed by atoms with van der Waals surface area (Å²) >= 11 is 0. The van der Waals surface area contributed by atoms with Crippen molar-refractivity contribution in [2.24, 2.45) is 5.10 Å². The van der Waals surface area contributed by atoms with E-state index in [-0.39, 0.29) is 12.5 Å². The van der Waals surface area contributed by atoms with Crippen LogP contribution >= 0.6 is 0 Å². The molecule has 0 saturated heterocycles. The number of nitrogens with zero attached hydrogens (tertiary/aromatic N) is 2. The van der Waals surface area contributed by atoms with Gasteiger partial charge in [-0.15, -0.1) is 0 Å². The first-order valence-electron chi connectivity index (χ1n) is 11.7. The monoisotopic (exact) mass is 484 g/mol. The van der Waals surface area contributed by atoms with Gasteiger partial charge in [0.25, 0.3) is 11.8 Å². The van der Waals surface area contributed by atoms with E-state index in [1.54, 1.807) is 48.5 Å². The van der Waals surface area contributed by atoms with E-state index >= 15 is 0 Å². The molecule has 8 nitrogen and oxygen atoms in total. The molecule has 0 unspecified atom stereocenters. The molecular weight excluding hydrogens is 456 g/mol. The molecule has 3 aromatic carbocycles. The van der Waals surface area contributed by atoms with Gasteiger partial charge in [-0.3, -0.25) is 9.59 Å². The maximum Gasteiger partial charge on any atom is 0.287 e. The second-order valence-electron chi connectivity index (χ2n) is 7.95. The normalized spacial score (nSPS) is 12.4. The SMILES string of the molecule is CCN(CC)c1ccc(/C=C(/NC(=O)c2ccccc2)C(=O)NN=Cc2ccc3c(c2)OCO3)cc1. The van der Waals surface area contributed by atoms with Crippen LogP contribution < -0.4 is 25.1 Å². The van der Waals surface area contributed by atoms with E-state index in [0.717, 1.165) is 29.9 Å². The fourth-order valence-corrected chi connectivity index (χ4v) is 3.70. The summed E-state index contributed by atoms with van der Waals surface area (Å²) in [5.74, 6) is 0.340. The Kier molecular flexibility index (Phi) is 7.97. The average molecular weight is 485 g/mol. The van der Waals surface area contributed by atoms with Crippen LogP contribution in [0.1, 0.15) is 35.3 Å². The molecule has 36 heavy (non-hydrogen) atoms. The standard InChI is InChI=1S/C28H28N4O4/c1-3-32(4-2)23-13-10-20(11-14-23)16-24(30-27(33)22-8-6-5-7-9-22)28(34)31-29-18-21-12-15-25-26(17-21)36-19-35-25/h5-18H,3-4,19H2,1-2H3,(H,30,33)(H,31,34)/b24-16+,29-18?. The second kappa shape index (κ2) is 11.7. The fourth-order valence-electron chi connectivity index (χ4n) is 3.70. The zero-order valence-corrected chi connectivity index (χ0v) is 20.2. The number of hydrazone groups is 1. The largest absolute Gasteiger partial charge is 0.454 e. The lowest BCUT2D eigenvalue weighted by molar-refractivity contribution is -0.117. The Morgan fingerprint density at radius 3 is 2.33 bits per heavy atom. The molecule has 2 N–H and O–H groups in total. The van der Waals surface area contributed by atoms with Crippen LogP contribution in [-0.2, 0) is 4.79 Å². The first kappa shape index (κ1) is 24.5. The first-order chi connectivity index (χ1) is 17.6. The lowest BCUT2D eigenvalue weighted by atomic mass is 10.1. The van der Waals surface area contributed by atoms with Gasteiger partial charge >= 0.3 is 0 Å². The number of hydrogen-bond donors (Lipinski definition) is 2. The molecule has 1 aliphatic heterocycles. The zero-order chi connectivity index (χ0) is 25.3. The minimum atomic E-state index is -0.552. The van der Waals surface area contributed by atoms with Crippen LogP contribution in [0.25, 0.3) is 6.08 Å². The van der Waals surface area contributed by atoms with Crippen molar-refractivity contribution in [1.29, 1.82) is 0 Å². The van der Waals surface area contributed by atoms with Crippen molar-refractivity contribution >= 4 is 29.8 Å². The predicted molar refractivity (Wildman–Crippen MR) is 140 cm³/mol. The smallest absolute Gasteiger partial charge is 0.287 e. The highest BCUT2D eigenvalue weighted by atomic mass is 16.7. The van der Waals surface area contributed by atoms with Gasteiger partial charge < -0.3 is 19.7 Å². The van der Waals surface area contributed by atoms with Gasteiger partial charge in [-0.25, -0.2) is 5.43 Å². The molecule has 0 spiro atoms. The zero-order valence-electron chi connectivity index (χ0n) is 20.2. The number of fused-ring (bicyclic) bond motifs is 1. The topological polar surface area (TPSA) is 92.3 Å². The Morgan fingerprint density at radius 2 is 1.61 bits per heavy atom. The lowest BCUT2D eigenvalue weighted by Crippen LogP contribution is -2.32. The summed E-state index contributed by atoms with van der Waals surface area (Å²) in [5, 5.41) is 6.76. The van der Waals surface area contributed by atoms with Crippen LogP contribution in [0.15, 0.2) is 83.6 Å². The molecule has 0 fully saturated rings. The minimum absolute atomic E-state index is 0.0716. The van der Waals surface area contributed by atoms with E-state index in [9.17, 15) is 9.59 Å². The Bertz CT molecular complexity index is 1270. The highest BCUT2D eigenvalue weighted by molar-refractivity contribution is 6.05. The number of hydrogen-bond acceptors (Lipinski definition) is 6. The van der Waals surface area contributed by atoms with Crippen LogP contribution in [0.3, 0.4) is 0 Å². The van der Waals surface area contributed by atoms with Gasteiger partial charge in [0.05, 0.1) is 6.21 Å². The van der Waals surface area contributed by atoms with E-state index in [1.165, 1.54) is 6.21 Å². The summed E-state index contributed by atoms with van der Waals surface area (Å²) in [6, 6.07) is 21.9. The molecule has 3 aromatic rings. The van der Waals surface area contributed by atoms with Crippen LogP contribution in [0.4, 0.5) is 5.69 Å². The predicted octanol–water partition coefficient (Wildman–Crippen LogP) is 4.18. The van der Waals surface area contributed by atoms with Crippen molar-refractivity contribution in [3.63, 3.8) is 0 Å². The highest BCUT2D eigenvalue weighted by Gasteiger charge is 2.15. The molecule has 184 valence electrons. The van der Waals surface area contributed by atoms with Crippen LogP contribution in [0, 0.1) is 0 Å². The number of ether oxygens (including phenoxy) is 2. The Hall–Kier alpha value is -4.59. The summed E-state index contributed by atoms with van der Waals surface area (Å²) in [6.07, 6.45) is 3.12. The van der Waals surface area contributed by atoms with Gasteiger partial charge in [0.1, 0.15) is 5.70 Å². The molecule has 0 atom stereocenters. The van der Waals surface area contributed by atoms with Gasteiger partial charge in [-0.1, -0.05) is 30.3 Å². The number of rotatable bonds is 9. The van der Waals surface area contributed by atoms with Crippen LogP contribution in [-0.4, -0.2) is 37.9 Å². The van der Waals surface area contributed by atoms with Crippen molar-refractivity contribution < 1.29 is 19.1 Å². The van der Waals surface area contributed by atoms with Crippen LogP contribution in [0.5, 0.6) is 11.5 Å². The molecule has 1 aliphatic rings. The van der Waals surface area contributed by atoms with Crippen LogP contribution in [0.2, 0.25) is 0 Å². The molecule has 0 saturated carbocycles. The van der Waals surface area contributed by atoms with E-state index in [1.807, 2.05) is 30.3 Å². The Labute approximate surface area is 210 Å². The summed E-state index contributed by atoms with van der Waals surface area (Å²) in [6.45, 7) is 6.17. The first-order valence-corrected chi connectivity index (χ1v) is 11.7. The fraction of sp³-hybridized carbons (Fsp3) is 0.179. The molecule has 8 heteroatoms. The average Bonchev–Trinajstić information content (AvgIpc) is 3.38. The summed E-state index contributed by atoms with van der Waals surface area (Å²) in [4.78, 5) is 28.0. The summed E-state index contributed by atoms with van der Waals surface area (Å²) in [5.41, 5.74) is 5.59. The van der Waals surface area contributed by atoms with Crippen molar-refractivity contribution in [2.75, 3.05) is 24.8 Å². The highest BCUT2D eigenvalue weighted by Crippen LogP contribution is 2.31. The van der Waals surface area contributed by atoms with Gasteiger partial charge in [0.15, 0.2) is 11.5 Å². The van der Waals surface area contributed by atoms with Gasteiger partial charge in [-0.2, -0.15) is 5.10 Å². The van der Waals surface area contributed by atoms with Crippen molar-refractivity contribution in [2.45, 2.75) is 13.8 Å². The molecule has 0 aliphatic carbocycles. The third kappa shape index (κ3) is 6.09. The maximum absolute atomic E-state index is 13.0. The molecule has 2 amide bonds. The number of carbonyl (C=O) groups excluding carboxylic acids is 2. The third-order valence-corrected chi connectivity index (χ3v) is 5.64. The molecule has 0 bridgehead atoms. The Morgan fingerprint density at radius 1 is 0.917 bits per heavy atom. The minimum Gasteiger partial charge on any atom is -0.454 e. The lowest BCUT2D eigenvalue weighted by Gasteiger charge is -2.20. The molecule has 0 radical (unpaired) electrons. The van der Waals surface area contributed by atoms with Gasteiger partial charge in [-0.05, 0) is 73.5 Å². The van der Waals surface area contributed by atoms with Crippen molar-refractivity contribution in [1.82, 2.24) is 10.7 Å². The molecule has 4 rings (SSSR count). The number of amides is 2. The number of benzene rings is 3. The van der Waals surface area contributed by atoms with Gasteiger partial charge in [0.2, 0.25) is 6.79 Å². The molecule has 0 aromatic heterocycles. The summed E-state index contributed by atoms with van der Waals surface area (Å²) < 4.78 is 10.7. The molecular formula is C28H28N4O4. The van der Waals surface area contributed by atoms with Crippen molar-refractivity contribution in [3.05, 3.63) is 95.2 Å². The maximum atomic E-state index is 13.0. The summed E-state index contributed by atoms with van der Waals surface area (Å²) in [7, 11) is 0. The van der Waals surface area contributed by atoms with E-state index in [0.29, 0.717) is 17.1 Å². The van der Waals surface area contributed by atoms with E-state index < -0.39 is 11.8 Å². The number of nitrogens with one attached hydrogen (secondary N) is 2. The van der Waals surface area contributed by atoms with Crippen molar-refractivity contribution in [3.8, 4) is 11.5 Å². The number of anilines is 1.